The van der Waals surface area contributed by atoms with Crippen molar-refractivity contribution in [3.8, 4) is 11.5 Å². The molecule has 0 spiro atoms. The number of nitrogens with zero attached hydrogens (tertiary/aromatic N) is 1. The molecule has 1 N–H and O–H groups in total. The number of carbonyl (C=O) groups excluding carboxylic acids is 1. The van der Waals surface area contributed by atoms with Gasteiger partial charge in [0.05, 0.1) is 12.8 Å². The number of anilines is 1. The molecule has 31 heavy (non-hydrogen) atoms. The van der Waals surface area contributed by atoms with Gasteiger partial charge in [-0.2, -0.15) is 0 Å². The molecule has 0 aliphatic rings. The van der Waals surface area contributed by atoms with Gasteiger partial charge in [0, 0.05) is 11.3 Å². The van der Waals surface area contributed by atoms with E-state index in [-0.39, 0.29) is 24.9 Å². The lowest BCUT2D eigenvalue weighted by Crippen LogP contribution is -2.16. The van der Waals surface area contributed by atoms with Crippen LogP contribution >= 0.6 is 0 Å². The number of ether oxygens (including phenoxy) is 2. The SMILES string of the molecule is CCOc1cc(/C=N/OCC(=O)Nc2ccccc2)ccc1OCc1cccc(F)c1. The number of rotatable bonds is 10. The molecule has 6 nitrogen and oxygen atoms in total. The largest absolute Gasteiger partial charge is 0.490 e. The Labute approximate surface area is 180 Å². The van der Waals surface area contributed by atoms with E-state index in [1.54, 1.807) is 42.5 Å². The molecule has 7 heteroatoms. The molecule has 0 fully saturated rings. The van der Waals surface area contributed by atoms with E-state index in [1.165, 1.54) is 18.3 Å². The van der Waals surface area contributed by atoms with Crippen molar-refractivity contribution >= 4 is 17.8 Å². The molecule has 0 bridgehead atoms. The van der Waals surface area contributed by atoms with Gasteiger partial charge in [-0.15, -0.1) is 0 Å². The van der Waals surface area contributed by atoms with Crippen LogP contribution in [-0.2, 0) is 16.2 Å². The monoisotopic (exact) mass is 422 g/mol. The first-order valence-corrected chi connectivity index (χ1v) is 9.78. The summed E-state index contributed by atoms with van der Waals surface area (Å²) in [6.45, 7) is 2.32. The Hall–Kier alpha value is -3.87. The maximum atomic E-state index is 13.3. The number of nitrogens with one attached hydrogen (secondary N) is 1. The zero-order valence-electron chi connectivity index (χ0n) is 17.1. The Morgan fingerprint density at radius 2 is 1.84 bits per heavy atom. The van der Waals surface area contributed by atoms with Crippen LogP contribution in [0.4, 0.5) is 10.1 Å². The minimum atomic E-state index is -0.310. The fraction of sp³-hybridized carbons (Fsp3) is 0.167. The molecule has 0 aliphatic heterocycles. The smallest absolute Gasteiger partial charge is 0.265 e. The number of carbonyl (C=O) groups is 1. The van der Waals surface area contributed by atoms with E-state index in [0.29, 0.717) is 29.4 Å². The number of hydrogen-bond acceptors (Lipinski definition) is 5. The zero-order chi connectivity index (χ0) is 21.9. The topological polar surface area (TPSA) is 69.2 Å². The molecule has 0 aliphatic carbocycles. The zero-order valence-corrected chi connectivity index (χ0v) is 17.1. The van der Waals surface area contributed by atoms with Crippen molar-refractivity contribution in [1.82, 2.24) is 0 Å². The Balaban J connectivity index is 1.54. The highest BCUT2D eigenvalue weighted by Crippen LogP contribution is 2.29. The van der Waals surface area contributed by atoms with Crippen LogP contribution in [-0.4, -0.2) is 25.3 Å². The number of halogens is 1. The molecule has 0 atom stereocenters. The fourth-order valence-electron chi connectivity index (χ4n) is 2.69. The van der Waals surface area contributed by atoms with Crippen molar-refractivity contribution in [2.75, 3.05) is 18.5 Å². The summed E-state index contributed by atoms with van der Waals surface area (Å²) in [5.41, 5.74) is 2.12. The summed E-state index contributed by atoms with van der Waals surface area (Å²) in [6.07, 6.45) is 1.48. The summed E-state index contributed by atoms with van der Waals surface area (Å²) in [6, 6.07) is 20.6. The molecule has 0 unspecified atom stereocenters. The van der Waals surface area contributed by atoms with E-state index in [0.717, 1.165) is 5.56 Å². The van der Waals surface area contributed by atoms with Crippen molar-refractivity contribution < 1.29 is 23.5 Å². The molecule has 0 saturated heterocycles. The van der Waals surface area contributed by atoms with Crippen LogP contribution in [0.2, 0.25) is 0 Å². The number of hydrogen-bond donors (Lipinski definition) is 1. The lowest BCUT2D eigenvalue weighted by Gasteiger charge is -2.12. The van der Waals surface area contributed by atoms with Crippen LogP contribution in [0, 0.1) is 5.82 Å². The molecule has 0 saturated carbocycles. The maximum absolute atomic E-state index is 13.3. The van der Waals surface area contributed by atoms with Crippen LogP contribution in [0.1, 0.15) is 18.1 Å². The van der Waals surface area contributed by atoms with Crippen molar-refractivity contribution in [3.05, 3.63) is 89.7 Å². The summed E-state index contributed by atoms with van der Waals surface area (Å²) in [4.78, 5) is 16.9. The van der Waals surface area contributed by atoms with Crippen LogP contribution in [0.3, 0.4) is 0 Å². The van der Waals surface area contributed by atoms with Gasteiger partial charge in [0.1, 0.15) is 12.4 Å². The standard InChI is InChI=1S/C24H23FN2O4/c1-2-29-23-14-18(11-12-22(23)30-16-19-7-6-8-20(25)13-19)15-26-31-17-24(28)27-21-9-4-3-5-10-21/h3-15H,2,16-17H2,1H3,(H,27,28)/b26-15+. The predicted molar refractivity (Wildman–Crippen MR) is 117 cm³/mol. The highest BCUT2D eigenvalue weighted by Gasteiger charge is 2.07. The molecule has 3 aromatic rings. The van der Waals surface area contributed by atoms with E-state index < -0.39 is 0 Å². The predicted octanol–water partition coefficient (Wildman–Crippen LogP) is 4.79. The second-order valence-electron chi connectivity index (χ2n) is 6.48. The third kappa shape index (κ3) is 7.15. The normalized spacial score (nSPS) is 10.6. The minimum absolute atomic E-state index is 0.210. The molecule has 0 aromatic heterocycles. The number of para-hydroxylation sites is 1. The summed E-state index contributed by atoms with van der Waals surface area (Å²) >= 11 is 0. The van der Waals surface area contributed by atoms with E-state index in [2.05, 4.69) is 10.5 Å². The van der Waals surface area contributed by atoms with Crippen molar-refractivity contribution in [1.29, 1.82) is 0 Å². The number of amides is 1. The van der Waals surface area contributed by atoms with E-state index in [4.69, 9.17) is 14.3 Å². The molecular weight excluding hydrogens is 399 g/mol. The summed E-state index contributed by atoms with van der Waals surface area (Å²) in [5.74, 6) is 0.450. The number of oxime groups is 1. The third-order valence-corrected chi connectivity index (χ3v) is 4.08. The molecule has 0 heterocycles. The second-order valence-corrected chi connectivity index (χ2v) is 6.48. The van der Waals surface area contributed by atoms with Crippen LogP contribution in [0.5, 0.6) is 11.5 Å². The van der Waals surface area contributed by atoms with Crippen LogP contribution < -0.4 is 14.8 Å². The minimum Gasteiger partial charge on any atom is -0.490 e. The molecule has 0 radical (unpaired) electrons. The van der Waals surface area contributed by atoms with Gasteiger partial charge in [-0.1, -0.05) is 35.5 Å². The van der Waals surface area contributed by atoms with Gasteiger partial charge < -0.3 is 19.6 Å². The first-order chi connectivity index (χ1) is 15.1. The molecule has 3 rings (SSSR count). The van der Waals surface area contributed by atoms with Gasteiger partial charge >= 0.3 is 0 Å². The Morgan fingerprint density at radius 1 is 1.00 bits per heavy atom. The third-order valence-electron chi connectivity index (χ3n) is 4.08. The summed E-state index contributed by atoms with van der Waals surface area (Å²) in [5, 5.41) is 6.54. The maximum Gasteiger partial charge on any atom is 0.265 e. The van der Waals surface area contributed by atoms with E-state index in [9.17, 15) is 9.18 Å². The highest BCUT2D eigenvalue weighted by atomic mass is 19.1. The van der Waals surface area contributed by atoms with Crippen molar-refractivity contribution in [2.45, 2.75) is 13.5 Å². The number of benzene rings is 3. The van der Waals surface area contributed by atoms with E-state index in [1.807, 2.05) is 25.1 Å². The molecule has 3 aromatic carbocycles. The van der Waals surface area contributed by atoms with Gasteiger partial charge in [0.2, 0.25) is 0 Å². The average Bonchev–Trinajstić information content (AvgIpc) is 2.77. The highest BCUT2D eigenvalue weighted by molar-refractivity contribution is 5.91. The van der Waals surface area contributed by atoms with Crippen molar-refractivity contribution in [3.63, 3.8) is 0 Å². The van der Waals surface area contributed by atoms with Crippen LogP contribution in [0.25, 0.3) is 0 Å². The van der Waals surface area contributed by atoms with Gasteiger partial charge in [-0.25, -0.2) is 4.39 Å². The van der Waals surface area contributed by atoms with Crippen molar-refractivity contribution in [2.24, 2.45) is 5.16 Å². The first-order valence-electron chi connectivity index (χ1n) is 9.78. The molecular formula is C24H23FN2O4. The van der Waals surface area contributed by atoms with Gasteiger partial charge in [0.25, 0.3) is 5.91 Å². The van der Waals surface area contributed by atoms with Gasteiger partial charge in [0.15, 0.2) is 18.1 Å². The quantitative estimate of drug-likeness (QED) is 0.377. The second kappa shape index (κ2) is 11.3. The van der Waals surface area contributed by atoms with Crippen LogP contribution in [0.15, 0.2) is 78.0 Å². The molecule has 160 valence electrons. The lowest BCUT2D eigenvalue weighted by molar-refractivity contribution is -0.120. The van der Waals surface area contributed by atoms with E-state index >= 15 is 0 Å². The Kier molecular flexibility index (Phi) is 7.99. The average molecular weight is 422 g/mol. The summed E-state index contributed by atoms with van der Waals surface area (Å²) in [7, 11) is 0. The van der Waals surface area contributed by atoms with Gasteiger partial charge in [-0.3, -0.25) is 4.79 Å². The summed E-state index contributed by atoms with van der Waals surface area (Å²) < 4.78 is 24.7. The fourth-order valence-corrected chi connectivity index (χ4v) is 2.69. The Morgan fingerprint density at radius 3 is 2.61 bits per heavy atom. The lowest BCUT2D eigenvalue weighted by atomic mass is 10.2. The van der Waals surface area contributed by atoms with Gasteiger partial charge in [-0.05, 0) is 55.0 Å². The first kappa shape index (κ1) is 21.8. The Bertz CT molecular complexity index is 1030. The molecule has 1 amide bonds.